The molecule has 0 bridgehead atoms. The molecule has 4 N–H and O–H groups in total. The van der Waals surface area contributed by atoms with Gasteiger partial charge in [0.2, 0.25) is 11.8 Å². The smallest absolute Gasteiger partial charge is 0.326 e. The maximum atomic E-state index is 13.5. The van der Waals surface area contributed by atoms with E-state index in [0.717, 1.165) is 49.7 Å². The van der Waals surface area contributed by atoms with Gasteiger partial charge in [-0.1, -0.05) is 115 Å². The molecule has 0 saturated heterocycles. The Morgan fingerprint density at radius 1 is 0.673 bits per heavy atom. The number of Topliss-reactive ketones (excluding diaryl/α,β-unsaturated/α-hetero) is 2. The average molecular weight is 679 g/mol. The van der Waals surface area contributed by atoms with Crippen molar-refractivity contribution >= 4 is 29.4 Å². The molecule has 0 saturated carbocycles. The third-order valence-electron chi connectivity index (χ3n) is 9.17. The number of benzene rings is 2. The SMILES string of the molecule is CCCCC[C@H](NC(=O)[C@H](CC)CC(=O)[C@@H](NC(=O)[C@H](CCCC)CC(=O)c1ccc(-c2ccc(CCCC)cc2)cc1)C(C)O)C(=O)O. The van der Waals surface area contributed by atoms with Crippen LogP contribution in [0.2, 0.25) is 0 Å². The van der Waals surface area contributed by atoms with E-state index in [0.29, 0.717) is 31.2 Å². The second-order valence-corrected chi connectivity index (χ2v) is 13.2. The monoisotopic (exact) mass is 678 g/mol. The van der Waals surface area contributed by atoms with E-state index in [2.05, 4.69) is 41.8 Å². The van der Waals surface area contributed by atoms with Crippen LogP contribution in [0.15, 0.2) is 48.5 Å². The first kappa shape index (κ1) is 41.3. The van der Waals surface area contributed by atoms with Crippen LogP contribution < -0.4 is 10.6 Å². The Bertz CT molecular complexity index is 1340. The lowest BCUT2D eigenvalue weighted by molar-refractivity contribution is -0.143. The van der Waals surface area contributed by atoms with E-state index < -0.39 is 53.6 Å². The number of aliphatic hydroxyl groups excluding tert-OH is 1. The van der Waals surface area contributed by atoms with Gasteiger partial charge in [0.05, 0.1) is 6.10 Å². The van der Waals surface area contributed by atoms with Gasteiger partial charge >= 0.3 is 5.97 Å². The molecule has 2 rings (SSSR count). The fourth-order valence-electron chi connectivity index (χ4n) is 5.89. The van der Waals surface area contributed by atoms with Crippen LogP contribution in [0.4, 0.5) is 0 Å². The average Bonchev–Trinajstić information content (AvgIpc) is 3.09. The number of amides is 2. The second kappa shape index (κ2) is 22.0. The van der Waals surface area contributed by atoms with Gasteiger partial charge in [-0.2, -0.15) is 0 Å². The minimum Gasteiger partial charge on any atom is -0.480 e. The Labute approximate surface area is 292 Å². The predicted octanol–water partition coefficient (Wildman–Crippen LogP) is 7.08. The van der Waals surface area contributed by atoms with Crippen molar-refractivity contribution in [2.75, 3.05) is 0 Å². The highest BCUT2D eigenvalue weighted by Gasteiger charge is 2.33. The molecule has 9 heteroatoms. The maximum absolute atomic E-state index is 13.5. The van der Waals surface area contributed by atoms with Gasteiger partial charge in [-0.3, -0.25) is 19.2 Å². The van der Waals surface area contributed by atoms with Crippen LogP contribution in [0, 0.1) is 11.8 Å². The highest BCUT2D eigenvalue weighted by atomic mass is 16.4. The van der Waals surface area contributed by atoms with Crippen molar-refractivity contribution in [3.8, 4) is 11.1 Å². The molecule has 0 aromatic heterocycles. The highest BCUT2D eigenvalue weighted by Crippen LogP contribution is 2.24. The summed E-state index contributed by atoms with van der Waals surface area (Å²) in [5.41, 5.74) is 3.84. The van der Waals surface area contributed by atoms with Crippen LogP contribution in [-0.2, 0) is 25.6 Å². The van der Waals surface area contributed by atoms with Gasteiger partial charge in [-0.15, -0.1) is 0 Å². The predicted molar refractivity (Wildman–Crippen MR) is 193 cm³/mol. The molecule has 0 aliphatic rings. The van der Waals surface area contributed by atoms with Crippen LogP contribution in [0.3, 0.4) is 0 Å². The van der Waals surface area contributed by atoms with Crippen LogP contribution in [0.1, 0.15) is 128 Å². The zero-order chi connectivity index (χ0) is 36.3. The van der Waals surface area contributed by atoms with E-state index >= 15 is 0 Å². The molecule has 0 heterocycles. The molecule has 2 aromatic carbocycles. The lowest BCUT2D eigenvalue weighted by Gasteiger charge is -2.25. The molecule has 0 aliphatic heterocycles. The van der Waals surface area contributed by atoms with E-state index in [1.54, 1.807) is 19.1 Å². The van der Waals surface area contributed by atoms with E-state index in [4.69, 9.17) is 0 Å². The molecule has 1 unspecified atom stereocenters. The van der Waals surface area contributed by atoms with Crippen LogP contribution in [0.5, 0.6) is 0 Å². The van der Waals surface area contributed by atoms with Gasteiger partial charge in [0, 0.05) is 30.2 Å². The molecular weight excluding hydrogens is 620 g/mol. The number of carboxylic acids is 1. The summed E-state index contributed by atoms with van der Waals surface area (Å²) >= 11 is 0. The van der Waals surface area contributed by atoms with Crippen LogP contribution >= 0.6 is 0 Å². The summed E-state index contributed by atoms with van der Waals surface area (Å²) in [7, 11) is 0. The van der Waals surface area contributed by atoms with Crippen LogP contribution in [0.25, 0.3) is 11.1 Å². The van der Waals surface area contributed by atoms with E-state index in [-0.39, 0.29) is 25.0 Å². The standard InChI is InChI=1S/C40H58N2O7/c1-6-10-13-16-34(40(48)49)41-38(46)29(9-4)25-36(45)37(27(5)43)42-39(47)33(15-12-8-3)26-35(44)32-23-21-31(22-24-32)30-19-17-28(18-20-30)14-11-7-2/h17-24,27,29,33-34,37,43H,6-16,25-26H2,1-5H3,(H,41,46)(H,42,47)(H,48,49)/t27?,29-,33-,34+,37+/m1/s1. The largest absolute Gasteiger partial charge is 0.480 e. The molecule has 2 aromatic rings. The molecule has 5 atom stereocenters. The number of nitrogens with one attached hydrogen (secondary N) is 2. The first-order chi connectivity index (χ1) is 23.4. The third kappa shape index (κ3) is 13.9. The van der Waals surface area contributed by atoms with Crippen molar-refractivity contribution in [2.24, 2.45) is 11.8 Å². The lowest BCUT2D eigenvalue weighted by Crippen LogP contribution is -2.51. The topological polar surface area (TPSA) is 150 Å². The number of rotatable bonds is 24. The molecule has 0 spiro atoms. The van der Waals surface area contributed by atoms with Crippen molar-refractivity contribution in [3.05, 3.63) is 59.7 Å². The summed E-state index contributed by atoms with van der Waals surface area (Å²) in [5, 5.41) is 25.3. The first-order valence-electron chi connectivity index (χ1n) is 18.2. The normalized spacial score (nSPS) is 14.2. The maximum Gasteiger partial charge on any atom is 0.326 e. The highest BCUT2D eigenvalue weighted by molar-refractivity contribution is 6.00. The lowest BCUT2D eigenvalue weighted by atomic mass is 9.90. The third-order valence-corrected chi connectivity index (χ3v) is 9.17. The number of unbranched alkanes of at least 4 members (excludes halogenated alkanes) is 4. The van der Waals surface area contributed by atoms with Crippen LogP contribution in [-0.4, -0.2) is 57.8 Å². The number of aryl methyl sites for hydroxylation is 1. The molecule has 270 valence electrons. The minimum absolute atomic E-state index is 0.0490. The van der Waals surface area contributed by atoms with Crippen molar-refractivity contribution in [1.82, 2.24) is 10.6 Å². The number of carboxylic acid groups (broad SMARTS) is 1. The Morgan fingerprint density at radius 2 is 1.24 bits per heavy atom. The molecule has 0 aliphatic carbocycles. The summed E-state index contributed by atoms with van der Waals surface area (Å²) in [6.45, 7) is 9.28. The number of ketones is 2. The van der Waals surface area contributed by atoms with Crippen molar-refractivity contribution < 1.29 is 34.2 Å². The van der Waals surface area contributed by atoms with E-state index in [9.17, 15) is 34.2 Å². The summed E-state index contributed by atoms with van der Waals surface area (Å²) in [6.07, 6.45) is 6.71. The van der Waals surface area contributed by atoms with Gasteiger partial charge in [-0.25, -0.2) is 4.79 Å². The Morgan fingerprint density at radius 3 is 1.78 bits per heavy atom. The van der Waals surface area contributed by atoms with Gasteiger partial charge in [0.25, 0.3) is 0 Å². The zero-order valence-electron chi connectivity index (χ0n) is 30.1. The zero-order valence-corrected chi connectivity index (χ0v) is 30.1. The quantitative estimate of drug-likeness (QED) is 0.0685. The number of hydrogen-bond acceptors (Lipinski definition) is 6. The number of aliphatic hydroxyl groups is 1. The Hall–Kier alpha value is -3.85. The van der Waals surface area contributed by atoms with Gasteiger partial charge in [0.1, 0.15) is 12.1 Å². The molecule has 0 radical (unpaired) electrons. The van der Waals surface area contributed by atoms with Crippen molar-refractivity contribution in [1.29, 1.82) is 0 Å². The number of hydrogen-bond donors (Lipinski definition) is 4. The van der Waals surface area contributed by atoms with Crippen molar-refractivity contribution in [3.63, 3.8) is 0 Å². The van der Waals surface area contributed by atoms with Gasteiger partial charge in [0.15, 0.2) is 11.6 Å². The summed E-state index contributed by atoms with van der Waals surface area (Å²) < 4.78 is 0. The first-order valence-corrected chi connectivity index (χ1v) is 18.2. The Balaban J connectivity index is 2.10. The fraction of sp³-hybridized carbons (Fsp3) is 0.575. The number of carbonyl (C=O) groups excluding carboxylic acids is 4. The van der Waals surface area contributed by atoms with Gasteiger partial charge < -0.3 is 20.8 Å². The molecule has 0 fully saturated rings. The summed E-state index contributed by atoms with van der Waals surface area (Å²) in [6, 6.07) is 13.5. The Kier molecular flexibility index (Phi) is 18.5. The number of aliphatic carboxylic acids is 1. The fourth-order valence-corrected chi connectivity index (χ4v) is 5.89. The van der Waals surface area contributed by atoms with E-state index in [1.807, 2.05) is 26.0 Å². The van der Waals surface area contributed by atoms with E-state index in [1.165, 1.54) is 12.5 Å². The molecule has 2 amide bonds. The molecule has 9 nitrogen and oxygen atoms in total. The van der Waals surface area contributed by atoms with Gasteiger partial charge in [-0.05, 0) is 55.7 Å². The minimum atomic E-state index is -1.28. The summed E-state index contributed by atoms with van der Waals surface area (Å²) in [5.74, 6) is -4.42. The second-order valence-electron chi connectivity index (χ2n) is 13.2. The van der Waals surface area contributed by atoms with Crippen molar-refractivity contribution in [2.45, 2.75) is 136 Å². The molecular formula is C40H58N2O7. The molecule has 49 heavy (non-hydrogen) atoms. The summed E-state index contributed by atoms with van der Waals surface area (Å²) in [4.78, 5) is 65.0. The number of carbonyl (C=O) groups is 5.